The normalized spacial score (nSPS) is 32.5. The zero-order chi connectivity index (χ0) is 18.1. The molecule has 0 aliphatic heterocycles. The lowest BCUT2D eigenvalue weighted by atomic mass is 9.48. The van der Waals surface area contributed by atoms with Crippen LogP contribution in [0.4, 0.5) is 0 Å². The van der Waals surface area contributed by atoms with E-state index in [1.165, 1.54) is 38.5 Å². The third kappa shape index (κ3) is 3.65. The molecule has 0 radical (unpaired) electrons. The van der Waals surface area contributed by atoms with Crippen LogP contribution >= 0.6 is 0 Å². The Bertz CT molecular complexity index is 657. The van der Waals surface area contributed by atoms with Gasteiger partial charge in [-0.1, -0.05) is 0 Å². The van der Waals surface area contributed by atoms with Crippen molar-refractivity contribution >= 4 is 11.6 Å². The van der Waals surface area contributed by atoms with E-state index in [2.05, 4.69) is 17.5 Å². The Morgan fingerprint density at radius 1 is 1.12 bits per heavy atom. The van der Waals surface area contributed by atoms with Gasteiger partial charge >= 0.3 is 0 Å². The summed E-state index contributed by atoms with van der Waals surface area (Å²) in [5.74, 6) is 3.48. The fraction of sp³-hybridized carbons (Fsp3) is 0.636. The van der Waals surface area contributed by atoms with E-state index < -0.39 is 0 Å². The SMILES string of the molecule is CCOc1ccc(C(=O)N/N=C(\C)CC23CC4CC(CC(C4)C2)C3)cc1. The highest BCUT2D eigenvalue weighted by molar-refractivity contribution is 5.95. The highest BCUT2D eigenvalue weighted by Gasteiger charge is 2.50. The number of carbonyl (C=O) groups is 1. The Morgan fingerprint density at radius 3 is 2.23 bits per heavy atom. The molecule has 4 bridgehead atoms. The molecule has 0 heterocycles. The Morgan fingerprint density at radius 2 is 1.69 bits per heavy atom. The van der Waals surface area contributed by atoms with E-state index in [1.807, 2.05) is 19.1 Å². The van der Waals surface area contributed by atoms with Crippen molar-refractivity contribution < 1.29 is 9.53 Å². The van der Waals surface area contributed by atoms with Gasteiger partial charge in [0.2, 0.25) is 0 Å². The third-order valence-corrected chi connectivity index (χ3v) is 6.57. The van der Waals surface area contributed by atoms with Gasteiger partial charge in [0.25, 0.3) is 5.91 Å². The Hall–Kier alpha value is -1.84. The maximum Gasteiger partial charge on any atom is 0.271 e. The van der Waals surface area contributed by atoms with Crippen molar-refractivity contribution in [1.82, 2.24) is 5.43 Å². The van der Waals surface area contributed by atoms with Crippen molar-refractivity contribution in [3.63, 3.8) is 0 Å². The van der Waals surface area contributed by atoms with Gasteiger partial charge in [0, 0.05) is 11.3 Å². The molecule has 26 heavy (non-hydrogen) atoms. The standard InChI is InChI=1S/C22H30N2O2/c1-3-26-20-6-4-19(5-7-20)21(25)24-23-15(2)11-22-12-16-8-17(13-22)10-18(9-16)14-22/h4-7,16-18H,3,8-14H2,1-2H3,(H,24,25)/b23-15+. The first-order chi connectivity index (χ1) is 12.5. The van der Waals surface area contributed by atoms with Crippen LogP contribution in [0.25, 0.3) is 0 Å². The van der Waals surface area contributed by atoms with Crippen LogP contribution < -0.4 is 10.2 Å². The van der Waals surface area contributed by atoms with Gasteiger partial charge in [0.15, 0.2) is 0 Å². The van der Waals surface area contributed by atoms with Crippen molar-refractivity contribution in [2.75, 3.05) is 6.61 Å². The molecule has 1 aromatic rings. The number of carbonyl (C=O) groups excluding carboxylic acids is 1. The topological polar surface area (TPSA) is 50.7 Å². The average molecular weight is 354 g/mol. The van der Waals surface area contributed by atoms with Crippen LogP contribution in [0.5, 0.6) is 5.75 Å². The van der Waals surface area contributed by atoms with Crippen molar-refractivity contribution in [2.24, 2.45) is 28.3 Å². The molecule has 0 unspecified atom stereocenters. The van der Waals surface area contributed by atoms with Crippen molar-refractivity contribution in [3.8, 4) is 5.75 Å². The molecule has 0 atom stereocenters. The largest absolute Gasteiger partial charge is 0.494 e. The first-order valence-corrected chi connectivity index (χ1v) is 10.1. The fourth-order valence-electron chi connectivity index (χ4n) is 6.17. The summed E-state index contributed by atoms with van der Waals surface area (Å²) in [6.07, 6.45) is 9.55. The molecule has 4 aliphatic rings. The minimum absolute atomic E-state index is 0.155. The molecular weight excluding hydrogens is 324 g/mol. The maximum absolute atomic E-state index is 12.3. The van der Waals surface area contributed by atoms with Gasteiger partial charge in [-0.2, -0.15) is 5.10 Å². The van der Waals surface area contributed by atoms with Gasteiger partial charge in [0.05, 0.1) is 6.61 Å². The number of hydrogen-bond acceptors (Lipinski definition) is 3. The molecule has 0 saturated heterocycles. The van der Waals surface area contributed by atoms with Crippen LogP contribution in [0.2, 0.25) is 0 Å². The number of benzene rings is 1. The number of ether oxygens (including phenoxy) is 1. The third-order valence-electron chi connectivity index (χ3n) is 6.57. The van der Waals surface area contributed by atoms with E-state index in [9.17, 15) is 4.79 Å². The van der Waals surface area contributed by atoms with Crippen molar-refractivity contribution in [1.29, 1.82) is 0 Å². The molecule has 4 nitrogen and oxygen atoms in total. The summed E-state index contributed by atoms with van der Waals surface area (Å²) in [5.41, 5.74) is 4.88. The van der Waals surface area contributed by atoms with E-state index in [0.29, 0.717) is 17.6 Å². The first kappa shape index (κ1) is 17.6. The van der Waals surface area contributed by atoms with E-state index in [-0.39, 0.29) is 5.91 Å². The predicted molar refractivity (Wildman–Crippen MR) is 103 cm³/mol. The van der Waals surface area contributed by atoms with Gasteiger partial charge in [-0.25, -0.2) is 5.43 Å². The molecule has 4 saturated carbocycles. The number of hydrogen-bond donors (Lipinski definition) is 1. The first-order valence-electron chi connectivity index (χ1n) is 10.1. The lowest BCUT2D eigenvalue weighted by Crippen LogP contribution is -2.46. The van der Waals surface area contributed by atoms with Crippen LogP contribution in [-0.4, -0.2) is 18.2 Å². The summed E-state index contributed by atoms with van der Waals surface area (Å²) in [4.78, 5) is 12.3. The summed E-state index contributed by atoms with van der Waals surface area (Å²) in [7, 11) is 0. The van der Waals surface area contributed by atoms with Crippen LogP contribution in [0.3, 0.4) is 0 Å². The Balaban J connectivity index is 1.35. The number of nitrogens with one attached hydrogen (secondary N) is 1. The number of nitrogens with zero attached hydrogens (tertiary/aromatic N) is 1. The molecule has 1 N–H and O–H groups in total. The summed E-state index contributed by atoms with van der Waals surface area (Å²) in [6.45, 7) is 4.64. The van der Waals surface area contributed by atoms with Gasteiger partial charge < -0.3 is 4.74 Å². The second-order valence-electron chi connectivity index (χ2n) is 8.84. The minimum Gasteiger partial charge on any atom is -0.494 e. The molecule has 1 amide bonds. The van der Waals surface area contributed by atoms with Crippen LogP contribution in [0, 0.1) is 23.2 Å². The van der Waals surface area contributed by atoms with Crippen molar-refractivity contribution in [2.45, 2.75) is 58.8 Å². The number of hydrazone groups is 1. The maximum atomic E-state index is 12.3. The smallest absolute Gasteiger partial charge is 0.271 e. The zero-order valence-electron chi connectivity index (χ0n) is 16.0. The minimum atomic E-state index is -0.155. The molecule has 4 aliphatic carbocycles. The van der Waals surface area contributed by atoms with Gasteiger partial charge in [-0.15, -0.1) is 0 Å². The second kappa shape index (κ2) is 7.05. The number of amides is 1. The van der Waals surface area contributed by atoms with E-state index >= 15 is 0 Å². The van der Waals surface area contributed by atoms with Crippen molar-refractivity contribution in [3.05, 3.63) is 29.8 Å². The average Bonchev–Trinajstić information content (AvgIpc) is 2.59. The second-order valence-corrected chi connectivity index (χ2v) is 8.84. The van der Waals surface area contributed by atoms with Gasteiger partial charge in [-0.05, 0) is 106 Å². The molecule has 4 heteroatoms. The monoisotopic (exact) mass is 354 g/mol. The predicted octanol–water partition coefficient (Wildman–Crippen LogP) is 4.80. The lowest BCUT2D eigenvalue weighted by molar-refractivity contribution is -0.0482. The van der Waals surface area contributed by atoms with Gasteiger partial charge in [-0.3, -0.25) is 4.79 Å². The highest BCUT2D eigenvalue weighted by Crippen LogP contribution is 2.61. The van der Waals surface area contributed by atoms with Gasteiger partial charge in [0.1, 0.15) is 5.75 Å². The van der Waals surface area contributed by atoms with E-state index in [0.717, 1.165) is 35.6 Å². The molecule has 1 aromatic carbocycles. The molecular formula is C22H30N2O2. The van der Waals surface area contributed by atoms with E-state index in [1.54, 1.807) is 12.1 Å². The van der Waals surface area contributed by atoms with E-state index in [4.69, 9.17) is 4.74 Å². The fourth-order valence-corrected chi connectivity index (χ4v) is 6.17. The van der Waals surface area contributed by atoms with Crippen LogP contribution in [0.1, 0.15) is 69.2 Å². The van der Waals surface area contributed by atoms with Crippen LogP contribution in [0.15, 0.2) is 29.4 Å². The summed E-state index contributed by atoms with van der Waals surface area (Å²) in [5, 5.41) is 4.42. The summed E-state index contributed by atoms with van der Waals surface area (Å²) >= 11 is 0. The Labute approximate surface area is 156 Å². The highest BCUT2D eigenvalue weighted by atomic mass is 16.5. The summed E-state index contributed by atoms with van der Waals surface area (Å²) < 4.78 is 5.41. The summed E-state index contributed by atoms with van der Waals surface area (Å²) in [6, 6.07) is 7.21. The number of rotatable bonds is 6. The van der Waals surface area contributed by atoms with Crippen LogP contribution in [-0.2, 0) is 0 Å². The Kier molecular flexibility index (Phi) is 4.76. The molecule has 0 spiro atoms. The zero-order valence-corrected chi connectivity index (χ0v) is 16.0. The molecule has 0 aromatic heterocycles. The quantitative estimate of drug-likeness (QED) is 0.589. The molecule has 140 valence electrons. The lowest BCUT2D eigenvalue weighted by Gasteiger charge is -2.57. The molecule has 4 fully saturated rings. The molecule has 5 rings (SSSR count).